The smallest absolute Gasteiger partial charge is 0.352 e. The van der Waals surface area contributed by atoms with Crippen LogP contribution in [0.4, 0.5) is 10.8 Å². The first kappa shape index (κ1) is 21.5. The molecule has 1 aromatic carbocycles. The average molecular weight is 478 g/mol. The van der Waals surface area contributed by atoms with Gasteiger partial charge in [-0.05, 0) is 0 Å². The first-order chi connectivity index (χ1) is 15.2. The lowest BCUT2D eigenvalue weighted by Gasteiger charge is -2.49. The van der Waals surface area contributed by atoms with Gasteiger partial charge in [0.25, 0.3) is 11.8 Å². The fraction of sp³-hybridized carbons (Fsp3) is 0.235. The monoisotopic (exact) mass is 478 g/mol. The fourth-order valence-electron chi connectivity index (χ4n) is 3.42. The zero-order valence-corrected chi connectivity index (χ0v) is 17.8. The van der Waals surface area contributed by atoms with E-state index >= 15 is 0 Å². The van der Waals surface area contributed by atoms with Crippen molar-refractivity contribution in [3.63, 3.8) is 0 Å². The molecule has 2 aliphatic rings. The SMILES string of the molecule is CO/N=C(\C(=O)NC1C(=O)N2C(C(=O)O)=C(c3c(N)c(=O)c3=O)CSC12)c1csc(N)n1. The van der Waals surface area contributed by atoms with Gasteiger partial charge >= 0.3 is 5.97 Å². The molecule has 2 aromatic rings. The molecule has 166 valence electrons. The van der Waals surface area contributed by atoms with E-state index < -0.39 is 45.8 Å². The molecule has 0 spiro atoms. The molecule has 15 heteroatoms. The van der Waals surface area contributed by atoms with E-state index in [0.717, 1.165) is 28.0 Å². The number of nitrogens with two attached hydrogens (primary N) is 2. The minimum absolute atomic E-state index is 0.000852. The number of oxime groups is 1. The van der Waals surface area contributed by atoms with E-state index in [9.17, 15) is 29.1 Å². The number of anilines is 2. The lowest BCUT2D eigenvalue weighted by atomic mass is 9.95. The van der Waals surface area contributed by atoms with Gasteiger partial charge in [-0.25, -0.2) is 9.78 Å². The number of carbonyl (C=O) groups excluding carboxylic acids is 2. The van der Waals surface area contributed by atoms with E-state index in [0.29, 0.717) is 0 Å². The van der Waals surface area contributed by atoms with Crippen LogP contribution >= 0.6 is 23.1 Å². The third-order valence-corrected chi connectivity index (χ3v) is 6.82. The summed E-state index contributed by atoms with van der Waals surface area (Å²) in [6.07, 6.45) is 0. The number of fused-ring (bicyclic) bond motifs is 1. The van der Waals surface area contributed by atoms with Gasteiger partial charge in [0.05, 0.1) is 11.3 Å². The lowest BCUT2D eigenvalue weighted by molar-refractivity contribution is -0.149. The summed E-state index contributed by atoms with van der Waals surface area (Å²) in [5.74, 6) is -2.94. The third kappa shape index (κ3) is 3.13. The average Bonchev–Trinajstić information content (AvgIpc) is 3.20. The number of aromatic nitrogens is 1. The van der Waals surface area contributed by atoms with Crippen molar-refractivity contribution in [2.75, 3.05) is 24.3 Å². The van der Waals surface area contributed by atoms with Gasteiger partial charge < -0.3 is 26.7 Å². The van der Waals surface area contributed by atoms with Crippen LogP contribution in [0.15, 0.2) is 25.8 Å². The summed E-state index contributed by atoms with van der Waals surface area (Å²) < 4.78 is 0. The Labute approximate surface area is 186 Å². The summed E-state index contributed by atoms with van der Waals surface area (Å²) in [6.45, 7) is 0. The number of hydrogen-bond donors (Lipinski definition) is 4. The molecule has 6 N–H and O–H groups in total. The van der Waals surface area contributed by atoms with Crippen LogP contribution in [-0.4, -0.2) is 62.8 Å². The van der Waals surface area contributed by atoms with E-state index in [1.54, 1.807) is 0 Å². The number of nitrogens with zero attached hydrogens (tertiary/aromatic N) is 3. The van der Waals surface area contributed by atoms with Crippen LogP contribution in [0, 0.1) is 0 Å². The maximum Gasteiger partial charge on any atom is 0.352 e. The number of carbonyl (C=O) groups is 3. The molecule has 2 aliphatic heterocycles. The van der Waals surface area contributed by atoms with Crippen LogP contribution in [-0.2, 0) is 19.2 Å². The van der Waals surface area contributed by atoms with Gasteiger partial charge in [0.1, 0.15) is 29.9 Å². The second-order valence-electron chi connectivity index (χ2n) is 6.63. The maximum absolute atomic E-state index is 12.8. The van der Waals surface area contributed by atoms with Crippen molar-refractivity contribution < 1.29 is 24.3 Å². The molecule has 2 unspecified atom stereocenters. The van der Waals surface area contributed by atoms with E-state index in [1.807, 2.05) is 0 Å². The van der Waals surface area contributed by atoms with E-state index in [1.165, 1.54) is 12.5 Å². The Balaban J connectivity index is 1.60. The lowest BCUT2D eigenvalue weighted by Crippen LogP contribution is -2.71. The molecule has 2 atom stereocenters. The number of thiazole rings is 1. The van der Waals surface area contributed by atoms with Gasteiger partial charge in [-0.2, -0.15) is 0 Å². The van der Waals surface area contributed by atoms with Crippen LogP contribution < -0.4 is 27.6 Å². The van der Waals surface area contributed by atoms with Crippen molar-refractivity contribution in [1.82, 2.24) is 15.2 Å². The number of carboxylic acids is 1. The Morgan fingerprint density at radius 1 is 1.31 bits per heavy atom. The highest BCUT2D eigenvalue weighted by Gasteiger charge is 2.55. The quantitative estimate of drug-likeness (QED) is 0.157. The van der Waals surface area contributed by atoms with Gasteiger partial charge in [0, 0.05) is 16.7 Å². The molecule has 1 fully saturated rings. The summed E-state index contributed by atoms with van der Waals surface area (Å²) in [5, 5.41) is 16.7. The highest BCUT2D eigenvalue weighted by molar-refractivity contribution is 8.00. The Morgan fingerprint density at radius 3 is 2.59 bits per heavy atom. The molecule has 0 bridgehead atoms. The summed E-state index contributed by atoms with van der Waals surface area (Å²) in [7, 11) is 1.23. The third-order valence-electron chi connectivity index (χ3n) is 4.87. The first-order valence-electron chi connectivity index (χ1n) is 8.81. The number of nitrogen functional groups attached to an aromatic ring is 2. The second kappa shape index (κ2) is 7.76. The number of β-lactam (4-membered cyclic amide) rings is 1. The largest absolute Gasteiger partial charge is 0.477 e. The summed E-state index contributed by atoms with van der Waals surface area (Å²) in [5.41, 5.74) is 8.35. The number of hydrogen-bond acceptors (Lipinski definition) is 12. The van der Waals surface area contributed by atoms with Crippen LogP contribution in [0.5, 0.6) is 0 Å². The number of nitrogens with one attached hydrogen (secondary N) is 1. The zero-order chi connectivity index (χ0) is 23.3. The normalized spacial score (nSPS) is 20.7. The predicted octanol–water partition coefficient (Wildman–Crippen LogP) is -1.85. The minimum atomic E-state index is -1.46. The molecular formula is C17H14N6O7S2. The molecular weight excluding hydrogens is 464 g/mol. The van der Waals surface area contributed by atoms with Crippen molar-refractivity contribution in [3.05, 3.63) is 42.8 Å². The van der Waals surface area contributed by atoms with E-state index in [-0.39, 0.29) is 39.1 Å². The van der Waals surface area contributed by atoms with E-state index in [2.05, 4.69) is 20.3 Å². The predicted molar refractivity (Wildman–Crippen MR) is 115 cm³/mol. The first-order valence-corrected chi connectivity index (χ1v) is 10.7. The molecule has 0 aliphatic carbocycles. The number of aliphatic carboxylic acids is 1. The Hall–Kier alpha value is -3.72. The fourth-order valence-corrected chi connectivity index (χ4v) is 5.32. The number of thioether (sulfide) groups is 1. The van der Waals surface area contributed by atoms with Gasteiger partial charge in [-0.3, -0.25) is 24.1 Å². The minimum Gasteiger partial charge on any atom is -0.477 e. The van der Waals surface area contributed by atoms with Crippen molar-refractivity contribution in [2.24, 2.45) is 5.16 Å². The summed E-state index contributed by atoms with van der Waals surface area (Å²) >= 11 is 2.20. The molecule has 1 saturated heterocycles. The molecule has 1 aromatic heterocycles. The second-order valence-corrected chi connectivity index (χ2v) is 8.63. The van der Waals surface area contributed by atoms with Crippen molar-refractivity contribution in [1.29, 1.82) is 0 Å². The molecule has 0 radical (unpaired) electrons. The molecule has 32 heavy (non-hydrogen) atoms. The highest BCUT2D eigenvalue weighted by atomic mass is 32.2. The highest BCUT2D eigenvalue weighted by Crippen LogP contribution is 2.43. The molecule has 0 saturated carbocycles. The molecule has 3 heterocycles. The maximum atomic E-state index is 12.8. The molecule has 4 rings (SSSR count). The zero-order valence-electron chi connectivity index (χ0n) is 16.1. The Bertz CT molecular complexity index is 1310. The van der Waals surface area contributed by atoms with Crippen molar-refractivity contribution >= 4 is 63.0 Å². The Morgan fingerprint density at radius 2 is 2.03 bits per heavy atom. The topological polar surface area (TPSA) is 207 Å². The van der Waals surface area contributed by atoms with Gasteiger partial charge in [-0.15, -0.1) is 23.1 Å². The Kier molecular flexibility index (Phi) is 5.21. The summed E-state index contributed by atoms with van der Waals surface area (Å²) in [4.78, 5) is 70.3. The molecule has 13 nitrogen and oxygen atoms in total. The molecule has 2 amide bonds. The van der Waals surface area contributed by atoms with Crippen LogP contribution in [0.3, 0.4) is 0 Å². The standard InChI is InChI=1S/C17H14N6O7S2/c1-30-22-8(5-3-32-17(19)20-5)13(26)21-9-14(27)23-10(16(28)29)4(2-31-15(9)23)6-7(18)12(25)11(6)24/h3,9,15H,2,18H2,1H3,(H2,19,20)(H,21,26)(H,28,29)/b22-8-. The van der Waals surface area contributed by atoms with Crippen molar-refractivity contribution in [2.45, 2.75) is 11.4 Å². The van der Waals surface area contributed by atoms with Gasteiger partial charge in [-0.1, -0.05) is 5.16 Å². The van der Waals surface area contributed by atoms with Crippen molar-refractivity contribution in [3.8, 4) is 0 Å². The van der Waals surface area contributed by atoms with Crippen LogP contribution in [0.2, 0.25) is 0 Å². The number of rotatable bonds is 6. The van der Waals surface area contributed by atoms with E-state index in [4.69, 9.17) is 11.5 Å². The van der Waals surface area contributed by atoms with Gasteiger partial charge in [0.15, 0.2) is 10.8 Å². The summed E-state index contributed by atoms with van der Waals surface area (Å²) in [6, 6.07) is -1.06. The van der Waals surface area contributed by atoms with Gasteiger partial charge in [0.2, 0.25) is 10.9 Å². The number of amides is 2. The number of carboxylic acid groups (broad SMARTS) is 1. The van der Waals surface area contributed by atoms with Crippen LogP contribution in [0.1, 0.15) is 11.3 Å². The van der Waals surface area contributed by atoms with Crippen LogP contribution in [0.25, 0.3) is 5.57 Å².